The van der Waals surface area contributed by atoms with Crippen molar-refractivity contribution in [2.45, 2.75) is 26.8 Å². The lowest BCUT2D eigenvalue weighted by Gasteiger charge is -2.15. The van der Waals surface area contributed by atoms with Gasteiger partial charge in [-0.25, -0.2) is 0 Å². The number of halogens is 1. The number of anilines is 2. The Hall–Kier alpha value is -2.12. The molecule has 0 unspecified atom stereocenters. The van der Waals surface area contributed by atoms with Crippen LogP contribution in [0.5, 0.6) is 0 Å². The van der Waals surface area contributed by atoms with Crippen molar-refractivity contribution in [2.75, 3.05) is 17.2 Å². The van der Waals surface area contributed by atoms with Crippen LogP contribution < -0.4 is 21.7 Å². The summed E-state index contributed by atoms with van der Waals surface area (Å²) in [5.74, 6) is -1.11. The summed E-state index contributed by atoms with van der Waals surface area (Å²) in [6.45, 7) is 4.79. The second kappa shape index (κ2) is 8.50. The molecule has 1 aromatic rings. The van der Waals surface area contributed by atoms with E-state index < -0.39 is 17.9 Å². The minimum atomic E-state index is -0.672. The van der Waals surface area contributed by atoms with Crippen molar-refractivity contribution in [1.82, 2.24) is 5.32 Å². The van der Waals surface area contributed by atoms with Crippen molar-refractivity contribution in [3.63, 3.8) is 0 Å². The highest BCUT2D eigenvalue weighted by Gasteiger charge is 2.17. The number of amides is 3. The summed E-state index contributed by atoms with van der Waals surface area (Å²) in [6.07, 6.45) is 0. The highest BCUT2D eigenvalue weighted by atomic mass is 35.5. The summed E-state index contributed by atoms with van der Waals surface area (Å²) in [4.78, 5) is 34.6. The highest BCUT2D eigenvalue weighted by molar-refractivity contribution is 6.33. The number of carbonyl (C=O) groups is 3. The monoisotopic (exact) mass is 340 g/mol. The molecule has 0 spiro atoms. The first kappa shape index (κ1) is 18.9. The molecule has 1 atom stereocenters. The molecule has 0 fully saturated rings. The van der Waals surface area contributed by atoms with Gasteiger partial charge in [0.05, 0.1) is 23.3 Å². The minimum Gasteiger partial charge on any atom is -0.346 e. The Balaban J connectivity index is 2.63. The first-order chi connectivity index (χ1) is 10.7. The topological polar surface area (TPSA) is 113 Å². The average molecular weight is 341 g/mol. The lowest BCUT2D eigenvalue weighted by atomic mass is 10.1. The number of nitrogens with one attached hydrogen (secondary N) is 3. The van der Waals surface area contributed by atoms with Gasteiger partial charge in [0.2, 0.25) is 17.7 Å². The molecule has 3 amide bonds. The quantitative estimate of drug-likeness (QED) is 0.625. The van der Waals surface area contributed by atoms with E-state index in [9.17, 15) is 14.4 Å². The van der Waals surface area contributed by atoms with Gasteiger partial charge in [0.15, 0.2) is 0 Å². The fourth-order valence-corrected chi connectivity index (χ4v) is 1.85. The molecule has 23 heavy (non-hydrogen) atoms. The third-order valence-corrected chi connectivity index (χ3v) is 3.33. The van der Waals surface area contributed by atoms with Crippen LogP contribution in [0.25, 0.3) is 0 Å². The van der Waals surface area contributed by atoms with Gasteiger partial charge in [-0.3, -0.25) is 14.4 Å². The second-order valence-corrected chi connectivity index (χ2v) is 5.82. The molecule has 0 radical (unpaired) electrons. The maximum Gasteiger partial charge on any atom is 0.243 e. The van der Waals surface area contributed by atoms with E-state index >= 15 is 0 Å². The van der Waals surface area contributed by atoms with Crippen LogP contribution in [0.4, 0.5) is 11.4 Å². The number of carbonyl (C=O) groups excluding carboxylic acids is 3. The first-order valence-corrected chi connectivity index (χ1v) is 7.48. The van der Waals surface area contributed by atoms with E-state index in [0.29, 0.717) is 16.4 Å². The first-order valence-electron chi connectivity index (χ1n) is 7.11. The molecular weight excluding hydrogens is 320 g/mol. The minimum absolute atomic E-state index is 0.0261. The van der Waals surface area contributed by atoms with Gasteiger partial charge < -0.3 is 21.7 Å². The van der Waals surface area contributed by atoms with Gasteiger partial charge in [0.1, 0.15) is 0 Å². The van der Waals surface area contributed by atoms with Crippen LogP contribution in [0.3, 0.4) is 0 Å². The van der Waals surface area contributed by atoms with Crippen LogP contribution in [0.2, 0.25) is 5.02 Å². The van der Waals surface area contributed by atoms with Crippen LogP contribution in [-0.2, 0) is 14.4 Å². The SMILES string of the molecule is CC(=O)Nc1ccc(Cl)c(NC(=O)CNC(=O)[C@@H](N)C(C)C)c1. The summed E-state index contributed by atoms with van der Waals surface area (Å²) in [7, 11) is 0. The van der Waals surface area contributed by atoms with Gasteiger partial charge in [-0.15, -0.1) is 0 Å². The van der Waals surface area contributed by atoms with Crippen LogP contribution in [0.15, 0.2) is 18.2 Å². The zero-order chi connectivity index (χ0) is 17.6. The Labute approximate surface area is 139 Å². The lowest BCUT2D eigenvalue weighted by Crippen LogP contribution is -2.46. The van der Waals surface area contributed by atoms with Crippen molar-refractivity contribution in [1.29, 1.82) is 0 Å². The van der Waals surface area contributed by atoms with E-state index in [1.165, 1.54) is 13.0 Å². The Kier molecular flexibility index (Phi) is 6.99. The predicted molar refractivity (Wildman–Crippen MR) is 90.2 cm³/mol. The van der Waals surface area contributed by atoms with E-state index in [-0.39, 0.29) is 18.4 Å². The van der Waals surface area contributed by atoms with Crippen molar-refractivity contribution in [2.24, 2.45) is 11.7 Å². The van der Waals surface area contributed by atoms with Gasteiger partial charge in [-0.05, 0) is 24.1 Å². The molecule has 0 bridgehead atoms. The third kappa shape index (κ3) is 6.25. The molecule has 126 valence electrons. The van der Waals surface area contributed by atoms with Gasteiger partial charge in [-0.1, -0.05) is 25.4 Å². The van der Waals surface area contributed by atoms with Crippen molar-refractivity contribution >= 4 is 40.7 Å². The van der Waals surface area contributed by atoms with Crippen molar-refractivity contribution in [3.05, 3.63) is 23.2 Å². The molecule has 1 rings (SSSR count). The van der Waals surface area contributed by atoms with Crippen LogP contribution in [0, 0.1) is 5.92 Å². The Morgan fingerprint density at radius 1 is 1.22 bits per heavy atom. The maximum absolute atomic E-state index is 11.9. The normalized spacial score (nSPS) is 11.7. The molecule has 8 heteroatoms. The van der Waals surface area contributed by atoms with Gasteiger partial charge in [-0.2, -0.15) is 0 Å². The molecular formula is C15H21ClN4O3. The lowest BCUT2D eigenvalue weighted by molar-refractivity contribution is -0.125. The van der Waals surface area contributed by atoms with Crippen molar-refractivity contribution < 1.29 is 14.4 Å². The molecule has 0 aromatic heterocycles. The Morgan fingerprint density at radius 2 is 1.87 bits per heavy atom. The Morgan fingerprint density at radius 3 is 2.43 bits per heavy atom. The van der Waals surface area contributed by atoms with Crippen LogP contribution in [0.1, 0.15) is 20.8 Å². The summed E-state index contributed by atoms with van der Waals surface area (Å²) >= 11 is 6.00. The van der Waals surface area contributed by atoms with E-state index in [2.05, 4.69) is 16.0 Å². The summed E-state index contributed by atoms with van der Waals surface area (Å²) in [5, 5.41) is 7.94. The fraction of sp³-hybridized carbons (Fsp3) is 0.400. The van der Waals surface area contributed by atoms with E-state index in [1.807, 2.05) is 13.8 Å². The zero-order valence-corrected chi connectivity index (χ0v) is 14.0. The molecule has 0 aliphatic carbocycles. The van der Waals surface area contributed by atoms with Gasteiger partial charge in [0, 0.05) is 12.6 Å². The molecule has 5 N–H and O–H groups in total. The largest absolute Gasteiger partial charge is 0.346 e. The predicted octanol–water partition coefficient (Wildman–Crippen LogP) is 1.34. The fourth-order valence-electron chi connectivity index (χ4n) is 1.68. The second-order valence-electron chi connectivity index (χ2n) is 5.41. The molecule has 1 aromatic carbocycles. The Bertz CT molecular complexity index is 604. The van der Waals surface area contributed by atoms with Crippen molar-refractivity contribution in [3.8, 4) is 0 Å². The van der Waals surface area contributed by atoms with Crippen LogP contribution >= 0.6 is 11.6 Å². The molecule has 0 saturated heterocycles. The molecule has 0 aliphatic rings. The number of hydrogen-bond acceptors (Lipinski definition) is 4. The van der Waals surface area contributed by atoms with Crippen LogP contribution in [-0.4, -0.2) is 30.3 Å². The van der Waals surface area contributed by atoms with Gasteiger partial charge in [0.25, 0.3) is 0 Å². The van der Waals surface area contributed by atoms with E-state index in [1.54, 1.807) is 12.1 Å². The number of benzene rings is 1. The zero-order valence-electron chi connectivity index (χ0n) is 13.3. The summed E-state index contributed by atoms with van der Waals surface area (Å²) < 4.78 is 0. The highest BCUT2D eigenvalue weighted by Crippen LogP contribution is 2.25. The molecule has 0 heterocycles. The maximum atomic E-state index is 11.9. The van der Waals surface area contributed by atoms with E-state index in [0.717, 1.165) is 0 Å². The van der Waals surface area contributed by atoms with Gasteiger partial charge >= 0.3 is 0 Å². The van der Waals surface area contributed by atoms with E-state index in [4.69, 9.17) is 17.3 Å². The number of hydrogen-bond donors (Lipinski definition) is 4. The molecule has 0 saturated carbocycles. The average Bonchev–Trinajstić information content (AvgIpc) is 2.46. The summed E-state index contributed by atoms with van der Waals surface area (Å²) in [5.41, 5.74) is 6.53. The number of rotatable bonds is 6. The standard InChI is InChI=1S/C15H21ClN4O3/c1-8(2)14(17)15(23)18-7-13(22)20-12-6-10(19-9(3)21)4-5-11(12)16/h4-6,8,14H,7,17H2,1-3H3,(H,18,23)(H,19,21)(H,20,22)/t14-/m0/s1. The summed E-state index contributed by atoms with van der Waals surface area (Å²) in [6, 6.07) is 4.02. The molecule has 0 aliphatic heterocycles. The number of nitrogens with two attached hydrogens (primary N) is 1. The molecule has 7 nitrogen and oxygen atoms in total. The smallest absolute Gasteiger partial charge is 0.243 e. The third-order valence-electron chi connectivity index (χ3n) is 3.00.